The van der Waals surface area contributed by atoms with Crippen molar-refractivity contribution in [2.24, 2.45) is 0 Å². The Morgan fingerprint density at radius 2 is 2.00 bits per heavy atom. The number of anilines is 1. The molecule has 0 aliphatic carbocycles. The zero-order valence-corrected chi connectivity index (χ0v) is 8.72. The maximum absolute atomic E-state index is 11.9. The average molecular weight is 284 g/mol. The largest absolute Gasteiger partial charge is 0.573 e. The van der Waals surface area contributed by atoms with Crippen molar-refractivity contribution in [2.45, 2.75) is 6.36 Å². The number of ether oxygens (including phenoxy) is 1. The van der Waals surface area contributed by atoms with Gasteiger partial charge in [0.15, 0.2) is 6.29 Å². The molecule has 0 heterocycles. The van der Waals surface area contributed by atoms with Gasteiger partial charge in [-0.05, 0) is 28.1 Å². The van der Waals surface area contributed by atoms with Crippen molar-refractivity contribution in [1.29, 1.82) is 0 Å². The van der Waals surface area contributed by atoms with Crippen LogP contribution in [0.5, 0.6) is 5.75 Å². The van der Waals surface area contributed by atoms with Gasteiger partial charge in [0, 0.05) is 10.0 Å². The number of nitrogens with two attached hydrogens (primary N) is 1. The highest BCUT2D eigenvalue weighted by Crippen LogP contribution is 2.31. The number of rotatable bonds is 2. The molecule has 0 unspecified atom stereocenters. The van der Waals surface area contributed by atoms with Crippen LogP contribution in [-0.2, 0) is 0 Å². The van der Waals surface area contributed by atoms with Gasteiger partial charge in [0.1, 0.15) is 5.75 Å². The SMILES string of the molecule is Nc1c(Br)cc(OC(F)(F)F)cc1C=O. The molecule has 0 saturated carbocycles. The second-order valence-electron chi connectivity index (χ2n) is 2.57. The van der Waals surface area contributed by atoms with Crippen molar-refractivity contribution in [2.75, 3.05) is 5.73 Å². The maximum atomic E-state index is 11.9. The van der Waals surface area contributed by atoms with Crippen LogP contribution in [-0.4, -0.2) is 12.6 Å². The second kappa shape index (κ2) is 4.09. The fourth-order valence-corrected chi connectivity index (χ4v) is 1.36. The van der Waals surface area contributed by atoms with Gasteiger partial charge in [-0.15, -0.1) is 13.2 Å². The second-order valence-corrected chi connectivity index (χ2v) is 3.43. The van der Waals surface area contributed by atoms with E-state index in [-0.39, 0.29) is 15.7 Å². The number of benzene rings is 1. The van der Waals surface area contributed by atoms with Crippen LogP contribution in [0.15, 0.2) is 16.6 Å². The summed E-state index contributed by atoms with van der Waals surface area (Å²) in [7, 11) is 0. The predicted molar refractivity (Wildman–Crippen MR) is 50.6 cm³/mol. The number of hydrogen-bond donors (Lipinski definition) is 1. The van der Waals surface area contributed by atoms with Crippen LogP contribution >= 0.6 is 15.9 Å². The number of carbonyl (C=O) groups is 1. The van der Waals surface area contributed by atoms with Gasteiger partial charge in [-0.1, -0.05) is 0 Å². The normalized spacial score (nSPS) is 11.2. The lowest BCUT2D eigenvalue weighted by atomic mass is 10.2. The highest BCUT2D eigenvalue weighted by molar-refractivity contribution is 9.10. The van der Waals surface area contributed by atoms with Crippen LogP contribution in [0.4, 0.5) is 18.9 Å². The quantitative estimate of drug-likeness (QED) is 0.671. The molecule has 0 aliphatic heterocycles. The van der Waals surface area contributed by atoms with Gasteiger partial charge < -0.3 is 10.5 Å². The first-order chi connectivity index (χ1) is 6.83. The van der Waals surface area contributed by atoms with Crippen LogP contribution in [0.1, 0.15) is 10.4 Å². The van der Waals surface area contributed by atoms with Gasteiger partial charge in [-0.2, -0.15) is 0 Å². The minimum Gasteiger partial charge on any atom is -0.406 e. The van der Waals surface area contributed by atoms with E-state index in [2.05, 4.69) is 20.7 Å². The summed E-state index contributed by atoms with van der Waals surface area (Å²) in [6.45, 7) is 0. The molecular formula is C8H5BrF3NO2. The molecular weight excluding hydrogens is 279 g/mol. The Bertz CT molecular complexity index is 392. The van der Waals surface area contributed by atoms with Crippen LogP contribution in [0.3, 0.4) is 0 Å². The monoisotopic (exact) mass is 283 g/mol. The van der Waals surface area contributed by atoms with Crippen molar-refractivity contribution < 1.29 is 22.7 Å². The zero-order valence-electron chi connectivity index (χ0n) is 7.14. The summed E-state index contributed by atoms with van der Waals surface area (Å²) in [6.07, 6.45) is -4.45. The molecule has 0 atom stereocenters. The molecule has 0 bridgehead atoms. The van der Waals surface area contributed by atoms with Gasteiger partial charge in [-0.3, -0.25) is 4.79 Å². The van der Waals surface area contributed by atoms with Gasteiger partial charge in [-0.25, -0.2) is 0 Å². The number of halogens is 4. The van der Waals surface area contributed by atoms with Crippen molar-refractivity contribution in [3.05, 3.63) is 22.2 Å². The molecule has 0 aliphatic rings. The van der Waals surface area contributed by atoms with Crippen molar-refractivity contribution in [1.82, 2.24) is 0 Å². The number of nitrogen functional groups attached to an aromatic ring is 1. The minimum absolute atomic E-state index is 0.0661. The molecule has 0 spiro atoms. The number of carbonyl (C=O) groups excluding carboxylic acids is 1. The Balaban J connectivity index is 3.11. The molecule has 2 N–H and O–H groups in total. The van der Waals surface area contributed by atoms with Crippen molar-refractivity contribution in [3.8, 4) is 5.75 Å². The molecule has 0 saturated heterocycles. The van der Waals surface area contributed by atoms with E-state index in [0.717, 1.165) is 12.1 Å². The summed E-state index contributed by atoms with van der Waals surface area (Å²) in [5.74, 6) is -0.495. The Labute approximate surface area is 91.1 Å². The fourth-order valence-electron chi connectivity index (χ4n) is 0.903. The number of aldehydes is 1. The number of hydrogen-bond acceptors (Lipinski definition) is 3. The van der Waals surface area contributed by atoms with E-state index >= 15 is 0 Å². The molecule has 0 aromatic heterocycles. The van der Waals surface area contributed by atoms with Crippen LogP contribution in [0.25, 0.3) is 0 Å². The van der Waals surface area contributed by atoms with Gasteiger partial charge in [0.25, 0.3) is 0 Å². The molecule has 1 rings (SSSR count). The minimum atomic E-state index is -4.80. The lowest BCUT2D eigenvalue weighted by Crippen LogP contribution is -2.17. The lowest BCUT2D eigenvalue weighted by molar-refractivity contribution is -0.274. The lowest BCUT2D eigenvalue weighted by Gasteiger charge is -2.10. The van der Waals surface area contributed by atoms with Crippen molar-refractivity contribution in [3.63, 3.8) is 0 Å². The van der Waals surface area contributed by atoms with Gasteiger partial charge in [0.05, 0.1) is 5.69 Å². The first-order valence-corrected chi connectivity index (χ1v) is 4.42. The zero-order chi connectivity index (χ0) is 11.6. The van der Waals surface area contributed by atoms with Gasteiger partial charge >= 0.3 is 6.36 Å². The average Bonchev–Trinajstić information content (AvgIpc) is 2.08. The first-order valence-electron chi connectivity index (χ1n) is 3.63. The third-order valence-corrected chi connectivity index (χ3v) is 2.15. The van der Waals surface area contributed by atoms with Gasteiger partial charge in [0.2, 0.25) is 0 Å². The first kappa shape index (κ1) is 11.8. The molecule has 0 fully saturated rings. The molecule has 0 radical (unpaired) electrons. The third kappa shape index (κ3) is 3.12. The van der Waals surface area contributed by atoms with Crippen LogP contribution in [0, 0.1) is 0 Å². The Hall–Kier alpha value is -1.24. The van der Waals surface area contributed by atoms with Crippen molar-refractivity contribution >= 4 is 27.9 Å². The molecule has 3 nitrogen and oxygen atoms in total. The summed E-state index contributed by atoms with van der Waals surface area (Å²) < 4.78 is 39.4. The van der Waals surface area contributed by atoms with E-state index in [1.54, 1.807) is 0 Å². The van der Waals surface area contributed by atoms with E-state index in [1.807, 2.05) is 0 Å². The highest BCUT2D eigenvalue weighted by atomic mass is 79.9. The maximum Gasteiger partial charge on any atom is 0.573 e. The van der Waals surface area contributed by atoms with E-state index in [9.17, 15) is 18.0 Å². The number of alkyl halides is 3. The van der Waals surface area contributed by atoms with Crippen LogP contribution < -0.4 is 10.5 Å². The Kier molecular flexibility index (Phi) is 3.23. The molecule has 82 valence electrons. The summed E-state index contributed by atoms with van der Waals surface area (Å²) in [5, 5.41) is 0. The summed E-state index contributed by atoms with van der Waals surface area (Å²) in [5.41, 5.74) is 5.41. The Morgan fingerprint density at radius 3 is 2.47 bits per heavy atom. The predicted octanol–water partition coefficient (Wildman–Crippen LogP) is 2.74. The molecule has 1 aromatic carbocycles. The summed E-state index contributed by atoms with van der Waals surface area (Å²) in [4.78, 5) is 10.5. The molecule has 7 heteroatoms. The smallest absolute Gasteiger partial charge is 0.406 e. The highest BCUT2D eigenvalue weighted by Gasteiger charge is 2.31. The van der Waals surface area contributed by atoms with Crippen LogP contribution in [0.2, 0.25) is 0 Å². The van der Waals surface area contributed by atoms with E-state index in [1.165, 1.54) is 0 Å². The van der Waals surface area contributed by atoms with E-state index < -0.39 is 12.1 Å². The van der Waals surface area contributed by atoms with E-state index in [4.69, 9.17) is 5.73 Å². The fraction of sp³-hybridized carbons (Fsp3) is 0.125. The molecule has 1 aromatic rings. The molecule has 15 heavy (non-hydrogen) atoms. The van der Waals surface area contributed by atoms with E-state index in [0.29, 0.717) is 6.29 Å². The topological polar surface area (TPSA) is 52.3 Å². The summed E-state index contributed by atoms with van der Waals surface area (Å²) in [6, 6.07) is 1.95. The third-order valence-electron chi connectivity index (χ3n) is 1.50. The molecule has 0 amide bonds. The standard InChI is InChI=1S/C8H5BrF3NO2/c9-6-2-5(15-8(10,11)12)1-4(3-14)7(6)13/h1-3H,13H2. The Morgan fingerprint density at radius 1 is 1.40 bits per heavy atom. The summed E-state index contributed by atoms with van der Waals surface area (Å²) >= 11 is 2.91.